The first-order valence-electron chi connectivity index (χ1n) is 10.1. The smallest absolute Gasteiger partial charge is 0.243 e. The summed E-state index contributed by atoms with van der Waals surface area (Å²) in [6, 6.07) is 19.9. The van der Waals surface area contributed by atoms with Crippen LogP contribution in [0.25, 0.3) is 0 Å². The predicted octanol–water partition coefficient (Wildman–Crippen LogP) is 4.44. The fraction of sp³-hybridized carbons (Fsp3) is 0.167. The van der Waals surface area contributed by atoms with Gasteiger partial charge in [-0.15, -0.1) is 0 Å². The molecule has 172 valence electrons. The first-order chi connectivity index (χ1) is 15.6. The molecule has 0 aliphatic rings. The molecular weight excluding hydrogens is 462 g/mol. The highest BCUT2D eigenvalue weighted by molar-refractivity contribution is 7.89. The number of nitrogens with one attached hydrogen (secondary N) is 2. The van der Waals surface area contributed by atoms with Crippen molar-refractivity contribution in [1.82, 2.24) is 4.31 Å². The fourth-order valence-electron chi connectivity index (χ4n) is 3.16. The van der Waals surface area contributed by atoms with Crippen LogP contribution in [0, 0.1) is 6.92 Å². The highest BCUT2D eigenvalue weighted by Crippen LogP contribution is 2.21. The second-order valence-corrected chi connectivity index (χ2v) is 9.90. The van der Waals surface area contributed by atoms with E-state index in [4.69, 9.17) is 11.6 Å². The number of amides is 2. The van der Waals surface area contributed by atoms with E-state index in [9.17, 15) is 18.0 Å². The van der Waals surface area contributed by atoms with Crippen molar-refractivity contribution >= 4 is 44.8 Å². The molecule has 0 fully saturated rings. The van der Waals surface area contributed by atoms with Gasteiger partial charge >= 0.3 is 0 Å². The Morgan fingerprint density at radius 3 is 2.18 bits per heavy atom. The van der Waals surface area contributed by atoms with Gasteiger partial charge in [0.15, 0.2) is 0 Å². The van der Waals surface area contributed by atoms with Crippen LogP contribution in [0.4, 0.5) is 11.4 Å². The van der Waals surface area contributed by atoms with Crippen LogP contribution in [0.3, 0.4) is 0 Å². The van der Waals surface area contributed by atoms with Gasteiger partial charge in [0.05, 0.1) is 11.4 Å². The Bertz CT molecular complexity index is 1260. The van der Waals surface area contributed by atoms with Gasteiger partial charge in [-0.3, -0.25) is 9.59 Å². The number of rotatable bonds is 8. The van der Waals surface area contributed by atoms with Gasteiger partial charge in [0.1, 0.15) is 0 Å². The molecule has 0 unspecified atom stereocenters. The van der Waals surface area contributed by atoms with Gasteiger partial charge < -0.3 is 10.6 Å². The van der Waals surface area contributed by atoms with Gasteiger partial charge in [-0.1, -0.05) is 47.5 Å². The maximum absolute atomic E-state index is 13.4. The van der Waals surface area contributed by atoms with Gasteiger partial charge in [0.25, 0.3) is 0 Å². The van der Waals surface area contributed by atoms with Gasteiger partial charge in [-0.25, -0.2) is 8.42 Å². The standard InChI is InChI=1S/C24H24ClN3O4S/c1-17-9-11-23(12-10-17)33(31,32)28(15-19-5-3-6-20(25)13-19)16-24(30)27-22-8-4-7-21(14-22)26-18(2)29/h3-14H,15-16H2,1-2H3,(H,26,29)(H,27,30). The molecule has 0 heterocycles. The largest absolute Gasteiger partial charge is 0.326 e. The van der Waals surface area contributed by atoms with E-state index in [-0.39, 0.29) is 17.3 Å². The summed E-state index contributed by atoms with van der Waals surface area (Å²) in [4.78, 5) is 24.2. The number of halogens is 1. The van der Waals surface area contributed by atoms with Gasteiger partial charge in [0, 0.05) is 29.9 Å². The van der Waals surface area contributed by atoms with Crippen LogP contribution in [-0.4, -0.2) is 31.1 Å². The van der Waals surface area contributed by atoms with Gasteiger partial charge in [0.2, 0.25) is 21.8 Å². The normalized spacial score (nSPS) is 11.3. The van der Waals surface area contributed by atoms with Crippen LogP contribution in [0.2, 0.25) is 5.02 Å². The zero-order valence-electron chi connectivity index (χ0n) is 18.2. The van der Waals surface area contributed by atoms with Crippen molar-refractivity contribution in [3.63, 3.8) is 0 Å². The number of anilines is 2. The Hall–Kier alpha value is -3.20. The van der Waals surface area contributed by atoms with Gasteiger partial charge in [-0.2, -0.15) is 4.31 Å². The highest BCUT2D eigenvalue weighted by Gasteiger charge is 2.27. The molecule has 3 aromatic carbocycles. The van der Waals surface area contributed by atoms with Crippen LogP contribution in [0.15, 0.2) is 77.7 Å². The fourth-order valence-corrected chi connectivity index (χ4v) is 4.76. The number of hydrogen-bond donors (Lipinski definition) is 2. The van der Waals surface area contributed by atoms with E-state index >= 15 is 0 Å². The number of sulfonamides is 1. The van der Waals surface area contributed by atoms with Crippen molar-refractivity contribution in [3.8, 4) is 0 Å². The maximum Gasteiger partial charge on any atom is 0.243 e. The minimum Gasteiger partial charge on any atom is -0.326 e. The molecule has 0 bridgehead atoms. The van der Waals surface area contributed by atoms with E-state index in [2.05, 4.69) is 10.6 Å². The zero-order valence-corrected chi connectivity index (χ0v) is 19.8. The second-order valence-electron chi connectivity index (χ2n) is 7.53. The van der Waals surface area contributed by atoms with E-state index in [1.54, 1.807) is 60.7 Å². The molecule has 2 amide bonds. The summed E-state index contributed by atoms with van der Waals surface area (Å²) in [6.45, 7) is 2.81. The Morgan fingerprint density at radius 2 is 1.55 bits per heavy atom. The van der Waals surface area contributed by atoms with Crippen molar-refractivity contribution < 1.29 is 18.0 Å². The summed E-state index contributed by atoms with van der Waals surface area (Å²) in [7, 11) is -3.97. The molecule has 0 aliphatic carbocycles. The first kappa shape index (κ1) is 24.4. The number of hydrogen-bond acceptors (Lipinski definition) is 4. The molecule has 0 spiro atoms. The molecule has 0 saturated heterocycles. The number of benzene rings is 3. The van der Waals surface area contributed by atoms with E-state index < -0.39 is 22.5 Å². The molecule has 3 aromatic rings. The molecule has 0 radical (unpaired) electrons. The van der Waals surface area contributed by atoms with Crippen LogP contribution in [-0.2, 0) is 26.2 Å². The summed E-state index contributed by atoms with van der Waals surface area (Å²) < 4.78 is 27.8. The highest BCUT2D eigenvalue weighted by atomic mass is 35.5. The minimum atomic E-state index is -3.97. The molecule has 0 saturated carbocycles. The van der Waals surface area contributed by atoms with Crippen LogP contribution < -0.4 is 10.6 Å². The predicted molar refractivity (Wildman–Crippen MR) is 130 cm³/mol. The third-order valence-electron chi connectivity index (χ3n) is 4.69. The maximum atomic E-state index is 13.4. The molecule has 0 aliphatic heterocycles. The summed E-state index contributed by atoms with van der Waals surface area (Å²) in [6.07, 6.45) is 0. The lowest BCUT2D eigenvalue weighted by Crippen LogP contribution is -2.37. The number of aryl methyl sites for hydroxylation is 1. The molecular formula is C24H24ClN3O4S. The molecule has 0 atom stereocenters. The van der Waals surface area contributed by atoms with Crippen molar-refractivity contribution in [1.29, 1.82) is 0 Å². The van der Waals surface area contributed by atoms with Crippen molar-refractivity contribution in [2.75, 3.05) is 17.2 Å². The summed E-state index contributed by atoms with van der Waals surface area (Å²) in [5.74, 6) is -0.761. The molecule has 0 aromatic heterocycles. The Kier molecular flexibility index (Phi) is 7.86. The molecule has 7 nitrogen and oxygen atoms in total. The van der Waals surface area contributed by atoms with Crippen LogP contribution >= 0.6 is 11.6 Å². The summed E-state index contributed by atoms with van der Waals surface area (Å²) in [5.41, 5.74) is 2.52. The average molecular weight is 486 g/mol. The Balaban J connectivity index is 1.85. The third-order valence-corrected chi connectivity index (χ3v) is 6.73. The lowest BCUT2D eigenvalue weighted by molar-refractivity contribution is -0.116. The number of nitrogens with zero attached hydrogens (tertiary/aromatic N) is 1. The SMILES string of the molecule is CC(=O)Nc1cccc(NC(=O)CN(Cc2cccc(Cl)c2)S(=O)(=O)c2ccc(C)cc2)c1. The molecule has 3 rings (SSSR count). The monoisotopic (exact) mass is 485 g/mol. The lowest BCUT2D eigenvalue weighted by Gasteiger charge is -2.22. The summed E-state index contributed by atoms with van der Waals surface area (Å²) in [5, 5.41) is 5.80. The minimum absolute atomic E-state index is 0.0316. The van der Waals surface area contributed by atoms with Crippen molar-refractivity contribution in [3.05, 3.63) is 88.9 Å². The second kappa shape index (κ2) is 10.6. The topological polar surface area (TPSA) is 95.6 Å². The van der Waals surface area contributed by atoms with Gasteiger partial charge in [-0.05, 0) is 55.0 Å². The van der Waals surface area contributed by atoms with E-state index in [1.165, 1.54) is 19.1 Å². The number of carbonyl (C=O) groups excluding carboxylic acids is 2. The lowest BCUT2D eigenvalue weighted by atomic mass is 10.2. The summed E-state index contributed by atoms with van der Waals surface area (Å²) >= 11 is 6.06. The van der Waals surface area contributed by atoms with Crippen molar-refractivity contribution in [2.45, 2.75) is 25.3 Å². The quantitative estimate of drug-likeness (QED) is 0.493. The Labute approximate surface area is 198 Å². The zero-order chi connectivity index (χ0) is 24.0. The first-order valence-corrected chi connectivity index (χ1v) is 11.9. The molecule has 2 N–H and O–H groups in total. The molecule has 33 heavy (non-hydrogen) atoms. The van der Waals surface area contributed by atoms with Crippen LogP contribution in [0.1, 0.15) is 18.1 Å². The van der Waals surface area contributed by atoms with E-state index in [0.717, 1.165) is 9.87 Å². The molecule has 9 heteroatoms. The third kappa shape index (κ3) is 6.89. The average Bonchev–Trinajstić information content (AvgIpc) is 2.73. The van der Waals surface area contributed by atoms with Crippen molar-refractivity contribution in [2.24, 2.45) is 0 Å². The number of carbonyl (C=O) groups is 2. The van der Waals surface area contributed by atoms with Crippen LogP contribution in [0.5, 0.6) is 0 Å². The van der Waals surface area contributed by atoms with E-state index in [1.807, 2.05) is 6.92 Å². The van der Waals surface area contributed by atoms with E-state index in [0.29, 0.717) is 22.0 Å². The Morgan fingerprint density at radius 1 is 0.909 bits per heavy atom.